The van der Waals surface area contributed by atoms with Crippen LogP contribution in [0.15, 0.2) is 60.7 Å². The SMILES string of the molecule is CN1C2C[C@H](OC(=O)C(O)(c3ccccc3)c3ccccc3)C[C@H]1[C@H]1CC21. The van der Waals surface area contributed by atoms with Gasteiger partial charge in [-0.25, -0.2) is 4.79 Å². The minimum absolute atomic E-state index is 0.115. The summed E-state index contributed by atoms with van der Waals surface area (Å²) in [5, 5.41) is 11.5. The highest BCUT2D eigenvalue weighted by atomic mass is 16.6. The second-order valence-corrected chi connectivity index (χ2v) is 8.30. The molecule has 1 aliphatic carbocycles. The van der Waals surface area contributed by atoms with Crippen LogP contribution in [0.1, 0.15) is 30.4 Å². The van der Waals surface area contributed by atoms with E-state index in [0.717, 1.165) is 24.7 Å². The largest absolute Gasteiger partial charge is 0.460 e. The van der Waals surface area contributed by atoms with Crippen LogP contribution in [0.5, 0.6) is 0 Å². The number of benzene rings is 2. The predicted octanol–water partition coefficient (Wildman–Crippen LogP) is 2.95. The number of hydrogen-bond donors (Lipinski definition) is 1. The molecule has 27 heavy (non-hydrogen) atoms. The molecule has 0 amide bonds. The molecule has 0 radical (unpaired) electrons. The quantitative estimate of drug-likeness (QED) is 0.849. The van der Waals surface area contributed by atoms with Gasteiger partial charge in [-0.2, -0.15) is 0 Å². The molecule has 3 aliphatic rings. The Morgan fingerprint density at radius 1 is 0.926 bits per heavy atom. The van der Waals surface area contributed by atoms with E-state index in [9.17, 15) is 9.90 Å². The summed E-state index contributed by atoms with van der Waals surface area (Å²) in [7, 11) is 2.20. The third kappa shape index (κ3) is 2.62. The summed E-state index contributed by atoms with van der Waals surface area (Å²) in [5.41, 5.74) is -0.701. The van der Waals surface area contributed by atoms with Gasteiger partial charge in [0, 0.05) is 24.9 Å². The molecule has 140 valence electrons. The lowest BCUT2D eigenvalue weighted by Crippen LogP contribution is -2.48. The third-order valence-electron chi connectivity index (χ3n) is 6.89. The monoisotopic (exact) mass is 363 g/mol. The van der Waals surface area contributed by atoms with E-state index in [1.807, 2.05) is 36.4 Å². The van der Waals surface area contributed by atoms with Crippen LogP contribution in [0, 0.1) is 11.8 Å². The highest BCUT2D eigenvalue weighted by Crippen LogP contribution is 2.58. The van der Waals surface area contributed by atoms with Gasteiger partial charge in [-0.3, -0.25) is 4.90 Å². The van der Waals surface area contributed by atoms with Crippen molar-refractivity contribution in [2.75, 3.05) is 7.05 Å². The van der Waals surface area contributed by atoms with Gasteiger partial charge in [0.05, 0.1) is 0 Å². The summed E-state index contributed by atoms with van der Waals surface area (Å²) >= 11 is 0. The van der Waals surface area contributed by atoms with Crippen molar-refractivity contribution in [1.82, 2.24) is 4.90 Å². The molecule has 2 bridgehead atoms. The molecule has 2 aromatic rings. The lowest BCUT2D eigenvalue weighted by molar-refractivity contribution is -0.171. The number of carbonyl (C=O) groups excluding carboxylic acids is 1. The van der Waals surface area contributed by atoms with Gasteiger partial charge in [0.15, 0.2) is 0 Å². The fraction of sp³-hybridized carbons (Fsp3) is 0.435. The van der Waals surface area contributed by atoms with Crippen LogP contribution in [0.2, 0.25) is 0 Å². The Hall–Kier alpha value is -2.17. The number of rotatable bonds is 4. The van der Waals surface area contributed by atoms with E-state index in [1.165, 1.54) is 6.42 Å². The third-order valence-corrected chi connectivity index (χ3v) is 6.89. The molecule has 1 N–H and O–H groups in total. The van der Waals surface area contributed by atoms with E-state index < -0.39 is 11.6 Å². The molecule has 0 aromatic heterocycles. The van der Waals surface area contributed by atoms with Crippen LogP contribution < -0.4 is 0 Å². The highest BCUT2D eigenvalue weighted by molar-refractivity contribution is 5.85. The van der Waals surface area contributed by atoms with Gasteiger partial charge in [-0.15, -0.1) is 0 Å². The zero-order valence-corrected chi connectivity index (χ0v) is 15.5. The fourth-order valence-electron chi connectivity index (χ4n) is 5.38. The number of esters is 1. The van der Waals surface area contributed by atoms with Crippen molar-refractivity contribution in [3.8, 4) is 0 Å². The molecule has 5 rings (SSSR count). The number of ether oxygens (including phenoxy) is 1. The molecule has 5 atom stereocenters. The number of piperidine rings is 2. The molecule has 1 saturated carbocycles. The molecule has 2 saturated heterocycles. The average Bonchev–Trinajstić information content (AvgIpc) is 3.47. The predicted molar refractivity (Wildman–Crippen MR) is 102 cm³/mol. The van der Waals surface area contributed by atoms with E-state index in [1.54, 1.807) is 24.3 Å². The highest BCUT2D eigenvalue weighted by Gasteiger charge is 2.61. The smallest absolute Gasteiger partial charge is 0.347 e. The molecule has 0 spiro atoms. The second-order valence-electron chi connectivity index (χ2n) is 8.30. The number of carbonyl (C=O) groups is 1. The van der Waals surface area contributed by atoms with Gasteiger partial charge in [-0.05, 0) is 36.4 Å². The van der Waals surface area contributed by atoms with Crippen LogP contribution in [-0.2, 0) is 15.1 Å². The molecule has 4 nitrogen and oxygen atoms in total. The first-order valence-electron chi connectivity index (χ1n) is 9.85. The van der Waals surface area contributed by atoms with Gasteiger partial charge in [0.25, 0.3) is 0 Å². The Labute approximate surface area is 159 Å². The van der Waals surface area contributed by atoms with Gasteiger partial charge in [0.2, 0.25) is 5.60 Å². The molecule has 2 heterocycles. The van der Waals surface area contributed by atoms with E-state index >= 15 is 0 Å². The van der Waals surface area contributed by atoms with Gasteiger partial charge < -0.3 is 9.84 Å². The van der Waals surface area contributed by atoms with Crippen LogP contribution >= 0.6 is 0 Å². The van der Waals surface area contributed by atoms with Crippen LogP contribution in [-0.4, -0.2) is 41.2 Å². The van der Waals surface area contributed by atoms with Crippen molar-refractivity contribution in [3.05, 3.63) is 71.8 Å². The van der Waals surface area contributed by atoms with Crippen molar-refractivity contribution in [2.45, 2.75) is 43.1 Å². The van der Waals surface area contributed by atoms with Crippen molar-refractivity contribution in [1.29, 1.82) is 0 Å². The maximum absolute atomic E-state index is 13.3. The Kier molecular flexibility index (Phi) is 3.88. The summed E-state index contributed by atoms with van der Waals surface area (Å²) in [6.07, 6.45) is 2.97. The molecule has 2 unspecified atom stereocenters. The van der Waals surface area contributed by atoms with Gasteiger partial charge >= 0.3 is 5.97 Å². The first-order chi connectivity index (χ1) is 13.1. The standard InChI is InChI=1S/C23H25NO3/c1-24-20-12-17(13-21(24)19-14-18(19)20)27-22(25)23(26,15-8-4-2-5-9-15)16-10-6-3-7-11-16/h2-11,17-21,26H,12-14H2,1H3/t17-,18+,19?,20+,21?/m1/s1. The van der Waals surface area contributed by atoms with Crippen LogP contribution in [0.4, 0.5) is 0 Å². The lowest BCUT2D eigenvalue weighted by atomic mass is 9.86. The van der Waals surface area contributed by atoms with Crippen molar-refractivity contribution in [3.63, 3.8) is 0 Å². The van der Waals surface area contributed by atoms with Crippen LogP contribution in [0.3, 0.4) is 0 Å². The fourth-order valence-corrected chi connectivity index (χ4v) is 5.38. The van der Waals surface area contributed by atoms with Gasteiger partial charge in [0.1, 0.15) is 6.10 Å². The number of fused-ring (bicyclic) bond motifs is 5. The zero-order valence-electron chi connectivity index (χ0n) is 15.5. The second kappa shape index (κ2) is 6.18. The zero-order chi connectivity index (χ0) is 18.6. The molecular formula is C23H25NO3. The summed E-state index contributed by atoms with van der Waals surface area (Å²) in [6, 6.07) is 19.2. The summed E-state index contributed by atoms with van der Waals surface area (Å²) in [6.45, 7) is 0. The molecule has 3 fully saturated rings. The molecular weight excluding hydrogens is 338 g/mol. The average molecular weight is 363 g/mol. The Morgan fingerprint density at radius 3 is 1.89 bits per heavy atom. The van der Waals surface area contributed by atoms with E-state index in [-0.39, 0.29) is 6.10 Å². The Morgan fingerprint density at radius 2 is 1.41 bits per heavy atom. The van der Waals surface area contributed by atoms with E-state index in [0.29, 0.717) is 23.2 Å². The Balaban J connectivity index is 1.42. The first-order valence-corrected chi connectivity index (χ1v) is 9.85. The topological polar surface area (TPSA) is 49.8 Å². The van der Waals surface area contributed by atoms with E-state index in [4.69, 9.17) is 4.74 Å². The maximum Gasteiger partial charge on any atom is 0.347 e. The molecule has 2 aliphatic heterocycles. The minimum Gasteiger partial charge on any atom is -0.460 e. The minimum atomic E-state index is -1.78. The van der Waals surface area contributed by atoms with Crippen LogP contribution in [0.25, 0.3) is 0 Å². The molecule has 2 aromatic carbocycles. The normalized spacial score (nSPS) is 32.0. The van der Waals surface area contributed by atoms with Crippen molar-refractivity contribution in [2.24, 2.45) is 11.8 Å². The Bertz CT molecular complexity index is 780. The number of nitrogens with zero attached hydrogens (tertiary/aromatic N) is 1. The summed E-state index contributed by atoms with van der Waals surface area (Å²) < 4.78 is 5.95. The number of aliphatic hydroxyl groups is 1. The van der Waals surface area contributed by atoms with Gasteiger partial charge in [-0.1, -0.05) is 60.7 Å². The number of hydrogen-bond acceptors (Lipinski definition) is 4. The first kappa shape index (κ1) is 17.0. The summed E-state index contributed by atoms with van der Waals surface area (Å²) in [4.78, 5) is 15.7. The summed E-state index contributed by atoms with van der Waals surface area (Å²) in [5.74, 6) is 0.999. The maximum atomic E-state index is 13.3. The van der Waals surface area contributed by atoms with E-state index in [2.05, 4.69) is 11.9 Å². The van der Waals surface area contributed by atoms with Crippen molar-refractivity contribution < 1.29 is 14.6 Å². The van der Waals surface area contributed by atoms with Crippen molar-refractivity contribution >= 4 is 5.97 Å². The lowest BCUT2D eigenvalue weighted by Gasteiger charge is -2.39. The molecule has 4 heteroatoms.